The fourth-order valence-corrected chi connectivity index (χ4v) is 1.50. The van der Waals surface area contributed by atoms with Crippen LogP contribution >= 0.6 is 0 Å². The minimum absolute atomic E-state index is 0.0545. The molecule has 0 saturated carbocycles. The molecule has 1 aromatic heterocycles. The Bertz CT molecular complexity index is 374. The molecule has 0 amide bonds. The fourth-order valence-electron chi connectivity index (χ4n) is 1.50. The van der Waals surface area contributed by atoms with Crippen molar-refractivity contribution in [3.63, 3.8) is 0 Å². The molecule has 1 rings (SSSR count). The van der Waals surface area contributed by atoms with Gasteiger partial charge in [0.1, 0.15) is 5.69 Å². The quantitative estimate of drug-likeness (QED) is 0.427. The van der Waals surface area contributed by atoms with Crippen LogP contribution in [0.1, 0.15) is 19.0 Å². The number of aromatic nitrogens is 2. The van der Waals surface area contributed by atoms with Crippen molar-refractivity contribution in [2.45, 2.75) is 26.8 Å². The first-order valence-corrected chi connectivity index (χ1v) is 5.27. The van der Waals surface area contributed by atoms with Gasteiger partial charge in [-0.15, -0.1) is 0 Å². The van der Waals surface area contributed by atoms with Crippen LogP contribution < -0.4 is 11.1 Å². The first kappa shape index (κ1) is 12.4. The van der Waals surface area contributed by atoms with E-state index in [1.54, 1.807) is 11.6 Å². The summed E-state index contributed by atoms with van der Waals surface area (Å²) in [5, 5.41) is 18.0. The molecular weight excluding hydrogens is 210 g/mol. The molecule has 0 atom stereocenters. The fraction of sp³-hybridized carbons (Fsp3) is 0.667. The third-order valence-corrected chi connectivity index (χ3v) is 2.25. The maximum Gasteiger partial charge on any atom is 0.333 e. The largest absolute Gasteiger partial charge is 0.364 e. The second kappa shape index (κ2) is 5.45. The molecule has 1 heterocycles. The molecule has 0 saturated heterocycles. The molecule has 16 heavy (non-hydrogen) atoms. The molecule has 90 valence electrons. The summed E-state index contributed by atoms with van der Waals surface area (Å²) < 4.78 is 1.60. The molecule has 0 unspecified atom stereocenters. The van der Waals surface area contributed by atoms with Crippen LogP contribution in [0.5, 0.6) is 0 Å². The van der Waals surface area contributed by atoms with Crippen LogP contribution in [-0.4, -0.2) is 27.8 Å². The van der Waals surface area contributed by atoms with Crippen molar-refractivity contribution in [3.05, 3.63) is 15.8 Å². The van der Waals surface area contributed by atoms with Crippen molar-refractivity contribution in [1.82, 2.24) is 9.78 Å². The number of anilines is 1. The Labute approximate surface area is 93.8 Å². The van der Waals surface area contributed by atoms with Gasteiger partial charge in [-0.3, -0.25) is 10.1 Å². The van der Waals surface area contributed by atoms with Crippen molar-refractivity contribution < 1.29 is 4.92 Å². The lowest BCUT2D eigenvalue weighted by molar-refractivity contribution is -0.384. The predicted molar refractivity (Wildman–Crippen MR) is 61.5 cm³/mol. The normalized spacial score (nSPS) is 10.4. The predicted octanol–water partition coefficient (Wildman–Crippen LogP) is 0.880. The SMILES string of the molecule is CCn1nc(C)c([N+](=O)[O-])c1NCCCN. The van der Waals surface area contributed by atoms with Gasteiger partial charge in [-0.2, -0.15) is 5.10 Å². The molecular formula is C9H17N5O2. The van der Waals surface area contributed by atoms with Gasteiger partial charge < -0.3 is 11.1 Å². The average Bonchev–Trinajstić information content (AvgIpc) is 2.55. The lowest BCUT2D eigenvalue weighted by Crippen LogP contribution is -2.12. The number of aryl methyl sites for hydroxylation is 2. The highest BCUT2D eigenvalue weighted by molar-refractivity contribution is 5.59. The van der Waals surface area contributed by atoms with Crippen molar-refractivity contribution in [2.24, 2.45) is 5.73 Å². The highest BCUT2D eigenvalue weighted by atomic mass is 16.6. The van der Waals surface area contributed by atoms with Crippen LogP contribution in [0.2, 0.25) is 0 Å². The highest BCUT2D eigenvalue weighted by Crippen LogP contribution is 2.27. The first-order valence-electron chi connectivity index (χ1n) is 5.27. The van der Waals surface area contributed by atoms with E-state index in [1.807, 2.05) is 6.92 Å². The van der Waals surface area contributed by atoms with Crippen LogP contribution in [-0.2, 0) is 6.54 Å². The smallest absolute Gasteiger partial charge is 0.333 e. The standard InChI is InChI=1S/C9H17N5O2/c1-3-13-9(11-6-4-5-10)8(14(15)16)7(2)12-13/h11H,3-6,10H2,1-2H3. The Kier molecular flexibility index (Phi) is 4.24. The van der Waals surface area contributed by atoms with E-state index in [9.17, 15) is 10.1 Å². The van der Waals surface area contributed by atoms with Gasteiger partial charge in [0.2, 0.25) is 5.82 Å². The zero-order chi connectivity index (χ0) is 12.1. The van der Waals surface area contributed by atoms with Crippen LogP contribution in [0.4, 0.5) is 11.5 Å². The number of nitro groups is 1. The summed E-state index contributed by atoms with van der Waals surface area (Å²) in [6.07, 6.45) is 0.769. The summed E-state index contributed by atoms with van der Waals surface area (Å²) in [7, 11) is 0. The number of hydrogen-bond acceptors (Lipinski definition) is 5. The van der Waals surface area contributed by atoms with Crippen molar-refractivity contribution in [2.75, 3.05) is 18.4 Å². The second-order valence-electron chi connectivity index (χ2n) is 3.42. The van der Waals surface area contributed by atoms with Crippen molar-refractivity contribution >= 4 is 11.5 Å². The highest BCUT2D eigenvalue weighted by Gasteiger charge is 2.24. The summed E-state index contributed by atoms with van der Waals surface area (Å²) in [6.45, 7) is 5.30. The zero-order valence-electron chi connectivity index (χ0n) is 9.56. The van der Waals surface area contributed by atoms with E-state index in [0.29, 0.717) is 31.1 Å². The molecule has 7 nitrogen and oxygen atoms in total. The lowest BCUT2D eigenvalue weighted by Gasteiger charge is -2.06. The van der Waals surface area contributed by atoms with Gasteiger partial charge in [-0.25, -0.2) is 4.68 Å². The molecule has 0 radical (unpaired) electrons. The van der Waals surface area contributed by atoms with E-state index in [1.165, 1.54) is 0 Å². The average molecular weight is 227 g/mol. The molecule has 0 aliphatic heterocycles. The van der Waals surface area contributed by atoms with Gasteiger partial charge in [0, 0.05) is 13.1 Å². The summed E-state index contributed by atoms with van der Waals surface area (Å²) >= 11 is 0. The van der Waals surface area contributed by atoms with Gasteiger partial charge in [-0.1, -0.05) is 0 Å². The Morgan fingerprint density at radius 1 is 1.62 bits per heavy atom. The topological polar surface area (TPSA) is 99.0 Å². The summed E-state index contributed by atoms with van der Waals surface area (Å²) in [4.78, 5) is 10.5. The summed E-state index contributed by atoms with van der Waals surface area (Å²) in [5.74, 6) is 0.471. The third-order valence-electron chi connectivity index (χ3n) is 2.25. The van der Waals surface area contributed by atoms with Gasteiger partial charge >= 0.3 is 5.69 Å². The van der Waals surface area contributed by atoms with E-state index in [0.717, 1.165) is 6.42 Å². The maximum absolute atomic E-state index is 10.9. The van der Waals surface area contributed by atoms with E-state index in [4.69, 9.17) is 5.73 Å². The molecule has 1 aromatic rings. The Morgan fingerprint density at radius 2 is 2.31 bits per heavy atom. The Balaban J connectivity index is 2.97. The monoisotopic (exact) mass is 227 g/mol. The number of rotatable bonds is 6. The number of nitrogens with one attached hydrogen (secondary N) is 1. The summed E-state index contributed by atoms with van der Waals surface area (Å²) in [5.41, 5.74) is 5.86. The van der Waals surface area contributed by atoms with Gasteiger partial charge in [-0.05, 0) is 26.8 Å². The maximum atomic E-state index is 10.9. The number of nitrogens with two attached hydrogens (primary N) is 1. The van der Waals surface area contributed by atoms with Crippen LogP contribution in [0.25, 0.3) is 0 Å². The number of nitrogens with zero attached hydrogens (tertiary/aromatic N) is 3. The van der Waals surface area contributed by atoms with E-state index >= 15 is 0 Å². The van der Waals surface area contributed by atoms with Crippen molar-refractivity contribution in [3.8, 4) is 0 Å². The molecule has 3 N–H and O–H groups in total. The van der Waals surface area contributed by atoms with Crippen LogP contribution in [0.3, 0.4) is 0 Å². The Morgan fingerprint density at radius 3 is 2.81 bits per heavy atom. The molecule has 0 aliphatic rings. The van der Waals surface area contributed by atoms with Crippen LogP contribution in [0.15, 0.2) is 0 Å². The first-order chi connectivity index (χ1) is 7.61. The number of hydrogen-bond donors (Lipinski definition) is 2. The molecule has 0 aliphatic carbocycles. The van der Waals surface area contributed by atoms with Crippen LogP contribution in [0, 0.1) is 17.0 Å². The van der Waals surface area contributed by atoms with E-state index in [2.05, 4.69) is 10.4 Å². The van der Waals surface area contributed by atoms with Gasteiger partial charge in [0.05, 0.1) is 4.92 Å². The molecule has 0 bridgehead atoms. The lowest BCUT2D eigenvalue weighted by atomic mass is 10.3. The molecule has 0 spiro atoms. The molecule has 0 fully saturated rings. The Hall–Kier alpha value is -1.63. The minimum Gasteiger partial charge on any atom is -0.364 e. The van der Waals surface area contributed by atoms with Gasteiger partial charge in [0.25, 0.3) is 0 Å². The third kappa shape index (κ3) is 2.48. The van der Waals surface area contributed by atoms with E-state index in [-0.39, 0.29) is 5.69 Å². The zero-order valence-corrected chi connectivity index (χ0v) is 9.56. The molecule has 7 heteroatoms. The second-order valence-corrected chi connectivity index (χ2v) is 3.42. The molecule has 0 aromatic carbocycles. The van der Waals surface area contributed by atoms with Gasteiger partial charge in [0.15, 0.2) is 0 Å². The van der Waals surface area contributed by atoms with Crippen molar-refractivity contribution in [1.29, 1.82) is 0 Å². The minimum atomic E-state index is -0.403. The summed E-state index contributed by atoms with van der Waals surface area (Å²) in [6, 6.07) is 0. The van der Waals surface area contributed by atoms with E-state index < -0.39 is 4.92 Å².